The second-order valence-corrected chi connectivity index (χ2v) is 4.36. The Morgan fingerprint density at radius 3 is 2.53 bits per heavy atom. The Kier molecular flexibility index (Phi) is 3.93. The molecule has 0 saturated carbocycles. The van der Waals surface area contributed by atoms with E-state index in [1.54, 1.807) is 6.07 Å². The number of ether oxygens (including phenoxy) is 1. The van der Waals surface area contributed by atoms with Crippen LogP contribution in [0, 0.1) is 5.82 Å². The summed E-state index contributed by atoms with van der Waals surface area (Å²) in [6, 6.07) is 8.18. The van der Waals surface area contributed by atoms with Crippen molar-refractivity contribution in [2.75, 3.05) is 0 Å². The van der Waals surface area contributed by atoms with Gasteiger partial charge in [-0.05, 0) is 24.3 Å². The Labute approximate surface area is 118 Å². The van der Waals surface area contributed by atoms with Gasteiger partial charge in [-0.25, -0.2) is 9.18 Å². The van der Waals surface area contributed by atoms with Crippen LogP contribution in [0.3, 0.4) is 0 Å². The minimum atomic E-state index is -1.30. The predicted molar refractivity (Wildman–Crippen MR) is 69.9 cm³/mol. The van der Waals surface area contributed by atoms with Crippen molar-refractivity contribution < 1.29 is 19.0 Å². The molecule has 0 spiro atoms. The standard InChI is InChI=1S/C13H7Cl2FO3/c14-8-4-2-6-10(11(8)15)19-12-7(13(17)18)3-1-5-9(12)16/h1-6H,(H,17,18). The first-order valence-electron chi connectivity index (χ1n) is 5.14. The second kappa shape index (κ2) is 5.47. The van der Waals surface area contributed by atoms with Gasteiger partial charge in [-0.15, -0.1) is 0 Å². The van der Waals surface area contributed by atoms with Gasteiger partial charge in [0, 0.05) is 0 Å². The number of carboxylic acid groups (broad SMARTS) is 1. The molecule has 0 radical (unpaired) electrons. The van der Waals surface area contributed by atoms with E-state index in [1.807, 2.05) is 0 Å². The summed E-state index contributed by atoms with van der Waals surface area (Å²) in [6.45, 7) is 0. The fourth-order valence-corrected chi connectivity index (χ4v) is 1.78. The molecule has 0 fully saturated rings. The average molecular weight is 301 g/mol. The van der Waals surface area contributed by atoms with E-state index in [4.69, 9.17) is 33.0 Å². The predicted octanol–water partition coefficient (Wildman–Crippen LogP) is 4.62. The van der Waals surface area contributed by atoms with Gasteiger partial charge in [0.15, 0.2) is 11.6 Å². The zero-order valence-corrected chi connectivity index (χ0v) is 10.9. The van der Waals surface area contributed by atoms with Gasteiger partial charge in [0.2, 0.25) is 0 Å². The molecule has 1 N–H and O–H groups in total. The summed E-state index contributed by atoms with van der Waals surface area (Å²) >= 11 is 11.7. The van der Waals surface area contributed by atoms with Gasteiger partial charge in [-0.2, -0.15) is 0 Å². The summed E-state index contributed by atoms with van der Waals surface area (Å²) < 4.78 is 18.9. The summed E-state index contributed by atoms with van der Waals surface area (Å²) in [6.07, 6.45) is 0. The largest absolute Gasteiger partial charge is 0.478 e. The Morgan fingerprint density at radius 1 is 1.16 bits per heavy atom. The maximum absolute atomic E-state index is 13.7. The Balaban J connectivity index is 2.49. The number of rotatable bonds is 3. The highest BCUT2D eigenvalue weighted by Gasteiger charge is 2.18. The number of hydrogen-bond acceptors (Lipinski definition) is 2. The number of para-hydroxylation sites is 1. The molecule has 0 aromatic heterocycles. The molecular formula is C13H7Cl2FO3. The van der Waals surface area contributed by atoms with Crippen molar-refractivity contribution in [3.63, 3.8) is 0 Å². The summed E-state index contributed by atoms with van der Waals surface area (Å²) in [4.78, 5) is 11.0. The van der Waals surface area contributed by atoms with Crippen LogP contribution in [0.2, 0.25) is 10.0 Å². The molecule has 0 bridgehead atoms. The second-order valence-electron chi connectivity index (χ2n) is 3.58. The zero-order chi connectivity index (χ0) is 14.0. The number of carboxylic acids is 1. The molecule has 3 nitrogen and oxygen atoms in total. The normalized spacial score (nSPS) is 10.3. The molecule has 19 heavy (non-hydrogen) atoms. The van der Waals surface area contributed by atoms with Crippen molar-refractivity contribution in [2.45, 2.75) is 0 Å². The van der Waals surface area contributed by atoms with Crippen LogP contribution in [0.5, 0.6) is 11.5 Å². The smallest absolute Gasteiger partial charge is 0.339 e. The lowest BCUT2D eigenvalue weighted by molar-refractivity contribution is 0.0693. The van der Waals surface area contributed by atoms with Crippen molar-refractivity contribution >= 4 is 29.2 Å². The van der Waals surface area contributed by atoms with Crippen molar-refractivity contribution in [2.24, 2.45) is 0 Å². The van der Waals surface area contributed by atoms with Gasteiger partial charge < -0.3 is 9.84 Å². The Hall–Kier alpha value is -1.78. The maximum atomic E-state index is 13.7. The number of hydrogen-bond donors (Lipinski definition) is 1. The highest BCUT2D eigenvalue weighted by atomic mass is 35.5. The Bertz CT molecular complexity index is 644. The molecule has 0 amide bonds. The zero-order valence-electron chi connectivity index (χ0n) is 9.36. The van der Waals surface area contributed by atoms with Gasteiger partial charge in [0.05, 0.1) is 5.02 Å². The van der Waals surface area contributed by atoms with E-state index in [2.05, 4.69) is 0 Å². The first-order chi connectivity index (χ1) is 9.00. The molecule has 6 heteroatoms. The summed E-state index contributed by atoms with van der Waals surface area (Å²) in [7, 11) is 0. The third-order valence-electron chi connectivity index (χ3n) is 2.33. The van der Waals surface area contributed by atoms with E-state index in [1.165, 1.54) is 24.3 Å². The highest BCUT2D eigenvalue weighted by molar-refractivity contribution is 6.42. The van der Waals surface area contributed by atoms with Gasteiger partial charge in [-0.1, -0.05) is 35.3 Å². The monoisotopic (exact) mass is 300 g/mol. The lowest BCUT2D eigenvalue weighted by Gasteiger charge is -2.11. The van der Waals surface area contributed by atoms with Crippen LogP contribution in [0.1, 0.15) is 10.4 Å². The van der Waals surface area contributed by atoms with Crippen molar-refractivity contribution in [3.05, 3.63) is 57.8 Å². The molecule has 2 aromatic rings. The van der Waals surface area contributed by atoms with E-state index in [-0.39, 0.29) is 21.4 Å². The maximum Gasteiger partial charge on any atom is 0.339 e. The molecule has 0 aliphatic rings. The fraction of sp³-hybridized carbons (Fsp3) is 0. The van der Waals surface area contributed by atoms with E-state index >= 15 is 0 Å². The first kappa shape index (κ1) is 13.6. The molecule has 0 aliphatic carbocycles. The van der Waals surface area contributed by atoms with Gasteiger partial charge in [-0.3, -0.25) is 0 Å². The van der Waals surface area contributed by atoms with E-state index in [0.717, 1.165) is 6.07 Å². The lowest BCUT2D eigenvalue weighted by atomic mass is 10.2. The number of aromatic carboxylic acids is 1. The number of benzene rings is 2. The number of carbonyl (C=O) groups is 1. The molecule has 98 valence electrons. The molecule has 2 aromatic carbocycles. The lowest BCUT2D eigenvalue weighted by Crippen LogP contribution is -2.02. The topological polar surface area (TPSA) is 46.5 Å². The van der Waals surface area contributed by atoms with Crippen molar-refractivity contribution in [1.82, 2.24) is 0 Å². The van der Waals surface area contributed by atoms with E-state index < -0.39 is 17.5 Å². The van der Waals surface area contributed by atoms with Crippen LogP contribution in [0.25, 0.3) is 0 Å². The third-order valence-corrected chi connectivity index (χ3v) is 3.13. The van der Waals surface area contributed by atoms with Gasteiger partial charge in [0.25, 0.3) is 0 Å². The van der Waals surface area contributed by atoms with Gasteiger partial charge in [0.1, 0.15) is 16.3 Å². The van der Waals surface area contributed by atoms with Crippen LogP contribution < -0.4 is 4.74 Å². The quantitative estimate of drug-likeness (QED) is 0.899. The molecule has 0 unspecified atom stereocenters. The molecular weight excluding hydrogens is 294 g/mol. The van der Waals surface area contributed by atoms with Crippen LogP contribution >= 0.6 is 23.2 Å². The van der Waals surface area contributed by atoms with Crippen LogP contribution in [0.15, 0.2) is 36.4 Å². The first-order valence-corrected chi connectivity index (χ1v) is 5.90. The summed E-state index contributed by atoms with van der Waals surface area (Å²) in [5.74, 6) is -2.41. The molecule has 0 atom stereocenters. The molecule has 0 aliphatic heterocycles. The van der Waals surface area contributed by atoms with Crippen molar-refractivity contribution in [3.8, 4) is 11.5 Å². The number of halogens is 3. The molecule has 0 heterocycles. The fourth-order valence-electron chi connectivity index (χ4n) is 1.45. The molecule has 2 rings (SSSR count). The average Bonchev–Trinajstić information content (AvgIpc) is 2.36. The van der Waals surface area contributed by atoms with Crippen LogP contribution in [0.4, 0.5) is 4.39 Å². The summed E-state index contributed by atoms with van der Waals surface area (Å²) in [5.41, 5.74) is -0.295. The van der Waals surface area contributed by atoms with E-state index in [0.29, 0.717) is 0 Å². The highest BCUT2D eigenvalue weighted by Crippen LogP contribution is 2.36. The minimum absolute atomic E-state index is 0.0850. The Morgan fingerprint density at radius 2 is 1.84 bits per heavy atom. The van der Waals surface area contributed by atoms with Crippen LogP contribution in [-0.4, -0.2) is 11.1 Å². The van der Waals surface area contributed by atoms with Crippen molar-refractivity contribution in [1.29, 1.82) is 0 Å². The van der Waals surface area contributed by atoms with E-state index in [9.17, 15) is 9.18 Å². The third kappa shape index (κ3) is 2.80. The summed E-state index contributed by atoms with van der Waals surface area (Å²) in [5, 5.41) is 9.30. The molecule has 0 saturated heterocycles. The SMILES string of the molecule is O=C(O)c1cccc(F)c1Oc1cccc(Cl)c1Cl. The minimum Gasteiger partial charge on any atom is -0.478 e. The van der Waals surface area contributed by atoms with Gasteiger partial charge >= 0.3 is 5.97 Å². The van der Waals surface area contributed by atoms with Crippen LogP contribution in [-0.2, 0) is 0 Å².